The maximum Gasteiger partial charge on any atom is 0.277 e. The van der Waals surface area contributed by atoms with Gasteiger partial charge in [-0.05, 0) is 43.5 Å². The fourth-order valence-corrected chi connectivity index (χ4v) is 3.50. The Balaban J connectivity index is 1.75. The molecule has 0 aliphatic carbocycles. The average Bonchev–Trinajstić information content (AvgIpc) is 3.25. The number of hydrogen-bond acceptors (Lipinski definition) is 7. The molecule has 0 N–H and O–H groups in total. The average molecular weight is 360 g/mol. The van der Waals surface area contributed by atoms with Crippen LogP contribution in [0.4, 0.5) is 0 Å². The maximum absolute atomic E-state index is 11.6. The van der Waals surface area contributed by atoms with Gasteiger partial charge in [0.2, 0.25) is 0 Å². The van der Waals surface area contributed by atoms with E-state index < -0.39 is 0 Å². The molecule has 0 amide bonds. The molecule has 0 atom stereocenters. The molecule has 0 spiro atoms. The van der Waals surface area contributed by atoms with Gasteiger partial charge in [-0.2, -0.15) is 0 Å². The van der Waals surface area contributed by atoms with E-state index >= 15 is 0 Å². The summed E-state index contributed by atoms with van der Waals surface area (Å²) >= 11 is 2.98. The molecule has 5 nitrogen and oxygen atoms in total. The second-order valence-electron chi connectivity index (χ2n) is 4.95. The van der Waals surface area contributed by atoms with E-state index in [4.69, 9.17) is 9.15 Å². The lowest BCUT2D eigenvalue weighted by Crippen LogP contribution is -1.99. The standard InChI is InChI=1S/C17H16N2O3S2/c1-3-21-14-7-6-12(11(2)20)9-13(14)10-24-17-19-18-16(22-17)15-5-4-8-23-15/h4-9H,3,10H2,1-2H3. The van der Waals surface area contributed by atoms with E-state index in [1.807, 2.05) is 36.6 Å². The summed E-state index contributed by atoms with van der Waals surface area (Å²) in [5.74, 6) is 1.91. The van der Waals surface area contributed by atoms with Crippen molar-refractivity contribution in [3.63, 3.8) is 0 Å². The quantitative estimate of drug-likeness (QED) is 0.450. The second kappa shape index (κ2) is 7.63. The topological polar surface area (TPSA) is 65.2 Å². The van der Waals surface area contributed by atoms with Crippen molar-refractivity contribution in [1.29, 1.82) is 0 Å². The van der Waals surface area contributed by atoms with Gasteiger partial charge in [0, 0.05) is 16.9 Å². The van der Waals surface area contributed by atoms with Crippen LogP contribution < -0.4 is 4.74 Å². The first-order valence-corrected chi connectivity index (χ1v) is 9.30. The monoisotopic (exact) mass is 360 g/mol. The summed E-state index contributed by atoms with van der Waals surface area (Å²) in [6.07, 6.45) is 0. The first-order chi connectivity index (χ1) is 11.7. The molecule has 24 heavy (non-hydrogen) atoms. The Morgan fingerprint density at radius 1 is 1.33 bits per heavy atom. The van der Waals surface area contributed by atoms with Crippen molar-refractivity contribution in [2.45, 2.75) is 24.8 Å². The minimum Gasteiger partial charge on any atom is -0.494 e. The molecule has 0 aliphatic heterocycles. The molecule has 0 fully saturated rings. The third kappa shape index (κ3) is 3.85. The van der Waals surface area contributed by atoms with Gasteiger partial charge < -0.3 is 9.15 Å². The SMILES string of the molecule is CCOc1ccc(C(C)=O)cc1CSc1nnc(-c2cccs2)o1. The lowest BCUT2D eigenvalue weighted by Gasteiger charge is -2.10. The van der Waals surface area contributed by atoms with Crippen LogP contribution in [0.2, 0.25) is 0 Å². The predicted octanol–water partition coefficient (Wildman–Crippen LogP) is 4.69. The summed E-state index contributed by atoms with van der Waals surface area (Å²) in [5, 5.41) is 10.6. The number of hydrogen-bond donors (Lipinski definition) is 0. The maximum atomic E-state index is 11.6. The van der Waals surface area contributed by atoms with E-state index in [-0.39, 0.29) is 5.78 Å². The van der Waals surface area contributed by atoms with E-state index in [1.54, 1.807) is 24.3 Å². The van der Waals surface area contributed by atoms with Crippen LogP contribution in [0.1, 0.15) is 29.8 Å². The van der Waals surface area contributed by atoms with Crippen LogP contribution in [-0.2, 0) is 5.75 Å². The van der Waals surface area contributed by atoms with Gasteiger partial charge in [0.15, 0.2) is 5.78 Å². The summed E-state index contributed by atoms with van der Waals surface area (Å²) in [6, 6.07) is 9.36. The van der Waals surface area contributed by atoms with Crippen molar-refractivity contribution in [2.24, 2.45) is 0 Å². The van der Waals surface area contributed by atoms with Crippen LogP contribution in [0, 0.1) is 0 Å². The Bertz CT molecular complexity index is 828. The molecular formula is C17H16N2O3S2. The molecule has 124 valence electrons. The smallest absolute Gasteiger partial charge is 0.277 e. The molecule has 7 heteroatoms. The number of nitrogens with zero attached hydrogens (tertiary/aromatic N) is 2. The Hall–Kier alpha value is -2.12. The van der Waals surface area contributed by atoms with Crippen molar-refractivity contribution in [2.75, 3.05) is 6.61 Å². The van der Waals surface area contributed by atoms with Crippen LogP contribution in [0.3, 0.4) is 0 Å². The van der Waals surface area contributed by atoms with Gasteiger partial charge in [-0.3, -0.25) is 4.79 Å². The highest BCUT2D eigenvalue weighted by Crippen LogP contribution is 2.31. The summed E-state index contributed by atoms with van der Waals surface area (Å²) in [4.78, 5) is 12.5. The molecule has 3 rings (SSSR count). The summed E-state index contributed by atoms with van der Waals surface area (Å²) in [5.41, 5.74) is 1.60. The van der Waals surface area contributed by atoms with Crippen LogP contribution in [0.25, 0.3) is 10.8 Å². The largest absolute Gasteiger partial charge is 0.494 e. The molecule has 0 saturated carbocycles. The van der Waals surface area contributed by atoms with Crippen LogP contribution in [0.5, 0.6) is 5.75 Å². The number of aromatic nitrogens is 2. The minimum atomic E-state index is 0.0297. The van der Waals surface area contributed by atoms with E-state index in [0.717, 1.165) is 16.2 Å². The van der Waals surface area contributed by atoms with E-state index in [1.165, 1.54) is 11.8 Å². The first kappa shape index (κ1) is 16.7. The van der Waals surface area contributed by atoms with Crippen molar-refractivity contribution in [1.82, 2.24) is 10.2 Å². The first-order valence-electron chi connectivity index (χ1n) is 7.44. The fraction of sp³-hybridized carbons (Fsp3) is 0.235. The Morgan fingerprint density at radius 2 is 2.21 bits per heavy atom. The number of Topliss-reactive ketones (excluding diaryl/α,β-unsaturated/α-hetero) is 1. The highest BCUT2D eigenvalue weighted by Gasteiger charge is 2.13. The molecule has 2 heterocycles. The number of carbonyl (C=O) groups is 1. The van der Waals surface area contributed by atoms with Crippen molar-refractivity contribution >= 4 is 28.9 Å². The van der Waals surface area contributed by atoms with Gasteiger partial charge in [0.05, 0.1) is 11.5 Å². The van der Waals surface area contributed by atoms with E-state index in [2.05, 4.69) is 10.2 Å². The number of ether oxygens (including phenoxy) is 1. The Morgan fingerprint density at radius 3 is 2.92 bits per heavy atom. The van der Waals surface area contributed by atoms with E-state index in [0.29, 0.717) is 29.0 Å². The zero-order valence-electron chi connectivity index (χ0n) is 13.3. The number of thiophene rings is 1. The molecule has 0 aliphatic rings. The molecular weight excluding hydrogens is 344 g/mol. The van der Waals surface area contributed by atoms with Crippen molar-refractivity contribution < 1.29 is 13.9 Å². The molecule has 3 aromatic rings. The van der Waals surface area contributed by atoms with Gasteiger partial charge >= 0.3 is 0 Å². The van der Waals surface area contributed by atoms with Crippen LogP contribution >= 0.6 is 23.1 Å². The summed E-state index contributed by atoms with van der Waals surface area (Å²) < 4.78 is 11.3. The summed E-state index contributed by atoms with van der Waals surface area (Å²) in [6.45, 7) is 4.05. The zero-order chi connectivity index (χ0) is 16.9. The Kier molecular flexibility index (Phi) is 5.32. The zero-order valence-corrected chi connectivity index (χ0v) is 14.9. The highest BCUT2D eigenvalue weighted by molar-refractivity contribution is 7.98. The Labute approximate surface area is 148 Å². The summed E-state index contributed by atoms with van der Waals surface area (Å²) in [7, 11) is 0. The van der Waals surface area contributed by atoms with Crippen LogP contribution in [-0.4, -0.2) is 22.6 Å². The third-order valence-corrected chi connectivity index (χ3v) is 4.98. The molecule has 2 aromatic heterocycles. The van der Waals surface area contributed by atoms with Gasteiger partial charge in [0.1, 0.15) is 5.75 Å². The van der Waals surface area contributed by atoms with Crippen molar-refractivity contribution in [3.05, 3.63) is 46.8 Å². The van der Waals surface area contributed by atoms with Gasteiger partial charge in [-0.25, -0.2) is 0 Å². The fourth-order valence-electron chi connectivity index (χ4n) is 2.11. The lowest BCUT2D eigenvalue weighted by molar-refractivity contribution is 0.101. The molecule has 0 unspecified atom stereocenters. The number of rotatable bonds is 7. The molecule has 1 aromatic carbocycles. The van der Waals surface area contributed by atoms with Gasteiger partial charge in [0.25, 0.3) is 11.1 Å². The predicted molar refractivity (Wildman–Crippen MR) is 94.8 cm³/mol. The normalized spacial score (nSPS) is 10.8. The third-order valence-electron chi connectivity index (χ3n) is 3.26. The van der Waals surface area contributed by atoms with Crippen LogP contribution in [0.15, 0.2) is 45.4 Å². The second-order valence-corrected chi connectivity index (χ2v) is 6.83. The molecule has 0 bridgehead atoms. The molecule has 0 radical (unpaired) electrons. The van der Waals surface area contributed by atoms with Crippen molar-refractivity contribution in [3.8, 4) is 16.5 Å². The van der Waals surface area contributed by atoms with Gasteiger partial charge in [-0.1, -0.05) is 17.8 Å². The lowest BCUT2D eigenvalue weighted by atomic mass is 10.1. The number of carbonyl (C=O) groups excluding carboxylic acids is 1. The minimum absolute atomic E-state index is 0.0297. The number of benzene rings is 1. The highest BCUT2D eigenvalue weighted by atomic mass is 32.2. The number of ketones is 1. The number of thioether (sulfide) groups is 1. The van der Waals surface area contributed by atoms with Gasteiger partial charge in [-0.15, -0.1) is 21.5 Å². The molecule has 0 saturated heterocycles. The van der Waals surface area contributed by atoms with E-state index in [9.17, 15) is 4.79 Å².